The molecule has 3 heteroatoms. The molecule has 0 radical (unpaired) electrons. The van der Waals surface area contributed by atoms with Gasteiger partial charge in [0.15, 0.2) is 11.6 Å². The Morgan fingerprint density at radius 2 is 1.16 bits per heavy atom. The fourth-order valence-electron chi connectivity index (χ4n) is 2.57. The first kappa shape index (κ1) is 16.7. The summed E-state index contributed by atoms with van der Waals surface area (Å²) in [6.45, 7) is 1.85. The van der Waals surface area contributed by atoms with Gasteiger partial charge in [-0.05, 0) is 48.5 Å². The Hall–Kier alpha value is -3.20. The van der Waals surface area contributed by atoms with E-state index < -0.39 is 0 Å². The van der Waals surface area contributed by atoms with E-state index in [4.69, 9.17) is 0 Å². The first-order valence-electron chi connectivity index (χ1n) is 8.27. The number of anilines is 2. The molecule has 0 amide bonds. The van der Waals surface area contributed by atoms with Crippen LogP contribution in [0, 0.1) is 0 Å². The first-order valence-corrected chi connectivity index (χ1v) is 8.27. The Bertz CT molecular complexity index is 866. The summed E-state index contributed by atoms with van der Waals surface area (Å²) in [6.07, 6.45) is 0.504. The average molecular weight is 329 g/mol. The van der Waals surface area contributed by atoms with E-state index in [2.05, 4.69) is 5.32 Å². The molecule has 0 aliphatic carbocycles. The molecule has 25 heavy (non-hydrogen) atoms. The van der Waals surface area contributed by atoms with Crippen molar-refractivity contribution in [3.63, 3.8) is 0 Å². The molecular formula is C22H19NO2. The van der Waals surface area contributed by atoms with Crippen LogP contribution in [0.5, 0.6) is 0 Å². The fraction of sp³-hybridized carbons (Fsp3) is 0.0909. The Morgan fingerprint density at radius 1 is 0.680 bits per heavy atom. The molecule has 0 saturated heterocycles. The Kier molecular flexibility index (Phi) is 5.05. The van der Waals surface area contributed by atoms with Crippen molar-refractivity contribution in [2.75, 3.05) is 5.32 Å². The number of Topliss-reactive ketones (excluding diaryl/α,β-unsaturated/α-hetero) is 1. The van der Waals surface area contributed by atoms with Crippen molar-refractivity contribution < 1.29 is 9.59 Å². The fourth-order valence-corrected chi connectivity index (χ4v) is 2.57. The topological polar surface area (TPSA) is 46.2 Å². The van der Waals surface area contributed by atoms with Gasteiger partial charge < -0.3 is 5.32 Å². The van der Waals surface area contributed by atoms with E-state index in [9.17, 15) is 9.59 Å². The van der Waals surface area contributed by atoms with Crippen LogP contribution < -0.4 is 5.32 Å². The molecule has 124 valence electrons. The maximum absolute atomic E-state index is 12.4. The van der Waals surface area contributed by atoms with Gasteiger partial charge in [0, 0.05) is 34.5 Å². The van der Waals surface area contributed by atoms with Crippen LogP contribution >= 0.6 is 0 Å². The molecule has 0 unspecified atom stereocenters. The largest absolute Gasteiger partial charge is 0.356 e. The van der Waals surface area contributed by atoms with E-state index in [1.54, 1.807) is 0 Å². The zero-order valence-corrected chi connectivity index (χ0v) is 14.0. The van der Waals surface area contributed by atoms with Gasteiger partial charge in [-0.3, -0.25) is 9.59 Å². The number of benzene rings is 3. The maximum atomic E-state index is 12.4. The average Bonchev–Trinajstić information content (AvgIpc) is 2.68. The van der Waals surface area contributed by atoms with Gasteiger partial charge in [-0.1, -0.05) is 37.3 Å². The predicted octanol–water partition coefficient (Wildman–Crippen LogP) is 5.25. The second kappa shape index (κ2) is 7.58. The summed E-state index contributed by atoms with van der Waals surface area (Å²) in [5.41, 5.74) is 3.84. The molecule has 0 heterocycles. The molecule has 3 aromatic carbocycles. The van der Waals surface area contributed by atoms with E-state index in [1.165, 1.54) is 0 Å². The normalized spacial score (nSPS) is 10.3. The number of rotatable bonds is 6. The lowest BCUT2D eigenvalue weighted by Crippen LogP contribution is -2.01. The molecule has 0 bridgehead atoms. The number of hydrogen-bond donors (Lipinski definition) is 1. The molecule has 0 fully saturated rings. The summed E-state index contributed by atoms with van der Waals surface area (Å²) in [6, 6.07) is 24.0. The Morgan fingerprint density at radius 3 is 1.68 bits per heavy atom. The Balaban J connectivity index is 1.70. The van der Waals surface area contributed by atoms with Crippen LogP contribution in [-0.4, -0.2) is 11.6 Å². The summed E-state index contributed by atoms with van der Waals surface area (Å²) in [7, 11) is 0. The van der Waals surface area contributed by atoms with Gasteiger partial charge in [-0.15, -0.1) is 0 Å². The maximum Gasteiger partial charge on any atom is 0.193 e. The smallest absolute Gasteiger partial charge is 0.193 e. The van der Waals surface area contributed by atoms with Crippen molar-refractivity contribution in [3.8, 4) is 0 Å². The third-order valence-electron chi connectivity index (χ3n) is 4.00. The lowest BCUT2D eigenvalue weighted by Gasteiger charge is -2.08. The molecule has 0 aliphatic rings. The quantitative estimate of drug-likeness (QED) is 0.628. The highest BCUT2D eigenvalue weighted by Crippen LogP contribution is 2.19. The highest BCUT2D eigenvalue weighted by atomic mass is 16.1. The Labute approximate surface area is 147 Å². The van der Waals surface area contributed by atoms with Crippen molar-refractivity contribution in [3.05, 3.63) is 95.6 Å². The third-order valence-corrected chi connectivity index (χ3v) is 4.00. The monoisotopic (exact) mass is 329 g/mol. The molecule has 0 spiro atoms. The van der Waals surface area contributed by atoms with Crippen LogP contribution in [0.1, 0.15) is 39.6 Å². The minimum atomic E-state index is 0.00887. The molecule has 0 aliphatic heterocycles. The second-order valence-electron chi connectivity index (χ2n) is 5.75. The minimum absolute atomic E-state index is 0.00887. The van der Waals surface area contributed by atoms with E-state index in [0.717, 1.165) is 16.9 Å². The number of carbonyl (C=O) groups is 2. The molecule has 0 saturated carbocycles. The third kappa shape index (κ3) is 4.01. The zero-order valence-electron chi connectivity index (χ0n) is 14.0. The van der Waals surface area contributed by atoms with Crippen molar-refractivity contribution >= 4 is 22.9 Å². The standard InChI is InChI=1S/C22H19NO2/c1-2-21(24)16-8-12-19(13-9-16)23-20-14-10-18(11-15-20)22(25)17-6-4-3-5-7-17/h3-15,23H,2H2,1H3. The number of nitrogens with one attached hydrogen (secondary N) is 1. The minimum Gasteiger partial charge on any atom is -0.356 e. The van der Waals surface area contributed by atoms with Crippen LogP contribution in [0.3, 0.4) is 0 Å². The molecule has 1 N–H and O–H groups in total. The van der Waals surface area contributed by atoms with E-state index >= 15 is 0 Å². The van der Waals surface area contributed by atoms with Gasteiger partial charge in [-0.2, -0.15) is 0 Å². The van der Waals surface area contributed by atoms with Gasteiger partial charge in [0.2, 0.25) is 0 Å². The zero-order chi connectivity index (χ0) is 17.6. The summed E-state index contributed by atoms with van der Waals surface area (Å²) in [5, 5.41) is 3.27. The van der Waals surface area contributed by atoms with Crippen molar-refractivity contribution in [1.82, 2.24) is 0 Å². The van der Waals surface area contributed by atoms with Crippen molar-refractivity contribution in [2.45, 2.75) is 13.3 Å². The second-order valence-corrected chi connectivity index (χ2v) is 5.75. The van der Waals surface area contributed by atoms with Gasteiger partial charge in [0.1, 0.15) is 0 Å². The molecular weight excluding hydrogens is 310 g/mol. The highest BCUT2D eigenvalue weighted by molar-refractivity contribution is 6.09. The number of hydrogen-bond acceptors (Lipinski definition) is 3. The summed E-state index contributed by atoms with van der Waals surface area (Å²) >= 11 is 0. The predicted molar refractivity (Wildman–Crippen MR) is 101 cm³/mol. The summed E-state index contributed by atoms with van der Waals surface area (Å²) in [5.74, 6) is 0.143. The SMILES string of the molecule is CCC(=O)c1ccc(Nc2ccc(C(=O)c3ccccc3)cc2)cc1. The van der Waals surface area contributed by atoms with E-state index in [-0.39, 0.29) is 11.6 Å². The van der Waals surface area contributed by atoms with E-state index in [1.807, 2.05) is 85.8 Å². The van der Waals surface area contributed by atoms with Crippen LogP contribution in [0.25, 0.3) is 0 Å². The molecule has 3 aromatic rings. The molecule has 3 nitrogen and oxygen atoms in total. The molecule has 0 atom stereocenters. The lowest BCUT2D eigenvalue weighted by atomic mass is 10.0. The van der Waals surface area contributed by atoms with Crippen LogP contribution in [0.15, 0.2) is 78.9 Å². The summed E-state index contributed by atoms with van der Waals surface area (Å²) in [4.78, 5) is 24.0. The van der Waals surface area contributed by atoms with Gasteiger partial charge in [0.05, 0.1) is 0 Å². The van der Waals surface area contributed by atoms with Gasteiger partial charge in [0.25, 0.3) is 0 Å². The summed E-state index contributed by atoms with van der Waals surface area (Å²) < 4.78 is 0. The van der Waals surface area contributed by atoms with Crippen LogP contribution in [0.2, 0.25) is 0 Å². The highest BCUT2D eigenvalue weighted by Gasteiger charge is 2.08. The lowest BCUT2D eigenvalue weighted by molar-refractivity contribution is 0.0987. The van der Waals surface area contributed by atoms with Crippen molar-refractivity contribution in [1.29, 1.82) is 0 Å². The number of ketones is 2. The molecule has 3 rings (SSSR count). The number of carbonyl (C=O) groups excluding carboxylic acids is 2. The van der Waals surface area contributed by atoms with Crippen LogP contribution in [0.4, 0.5) is 11.4 Å². The first-order chi connectivity index (χ1) is 12.2. The van der Waals surface area contributed by atoms with Gasteiger partial charge in [-0.25, -0.2) is 0 Å². The molecule has 0 aromatic heterocycles. The van der Waals surface area contributed by atoms with E-state index in [0.29, 0.717) is 17.5 Å². The van der Waals surface area contributed by atoms with Crippen molar-refractivity contribution in [2.24, 2.45) is 0 Å². The van der Waals surface area contributed by atoms with Gasteiger partial charge >= 0.3 is 0 Å². The van der Waals surface area contributed by atoms with Crippen LogP contribution in [-0.2, 0) is 0 Å².